The molecule has 6 heteroatoms. The van der Waals surface area contributed by atoms with Gasteiger partial charge in [0.05, 0.1) is 18.8 Å². The maximum absolute atomic E-state index is 13.7. The second-order valence-electron chi connectivity index (χ2n) is 9.82. The first-order valence-electron chi connectivity index (χ1n) is 13.0. The van der Waals surface area contributed by atoms with Crippen LogP contribution in [0.5, 0.6) is 5.75 Å². The quantitative estimate of drug-likeness (QED) is 0.386. The van der Waals surface area contributed by atoms with Gasteiger partial charge >= 0.3 is 0 Å². The Morgan fingerprint density at radius 2 is 1.67 bits per heavy atom. The first-order valence-corrected chi connectivity index (χ1v) is 13.0. The van der Waals surface area contributed by atoms with Gasteiger partial charge in [0.2, 0.25) is 5.91 Å². The van der Waals surface area contributed by atoms with Crippen LogP contribution >= 0.6 is 0 Å². The number of aryl methyl sites for hydroxylation is 1. The summed E-state index contributed by atoms with van der Waals surface area (Å²) in [6, 6.07) is 27.3. The molecular formula is C30H36N4O2. The summed E-state index contributed by atoms with van der Waals surface area (Å²) in [6.45, 7) is 5.36. The molecule has 2 saturated heterocycles. The molecule has 2 fully saturated rings. The van der Waals surface area contributed by atoms with Gasteiger partial charge in [0.25, 0.3) is 0 Å². The van der Waals surface area contributed by atoms with Crippen molar-refractivity contribution in [1.82, 2.24) is 21.5 Å². The summed E-state index contributed by atoms with van der Waals surface area (Å²) < 4.78 is 5.62. The van der Waals surface area contributed by atoms with Gasteiger partial charge < -0.3 is 10.1 Å². The minimum Gasteiger partial charge on any atom is -0.494 e. The molecule has 0 radical (unpaired) electrons. The van der Waals surface area contributed by atoms with Gasteiger partial charge in [-0.05, 0) is 55.5 Å². The molecule has 3 aromatic rings. The average molecular weight is 485 g/mol. The highest BCUT2D eigenvalue weighted by molar-refractivity contribution is 5.79. The maximum Gasteiger partial charge on any atom is 0.223 e. The van der Waals surface area contributed by atoms with Crippen molar-refractivity contribution < 1.29 is 9.53 Å². The standard InChI is InChI=1S/C30H36N4O2/c1-3-36-24-15-13-22(14-16-24)26-19-25(30(35)31-18-17-21-7-5-4-6-8-21)27-28(33-34-29(27)32-26)23-11-9-20(2)10-12-23/h4-16,25-29,32-34H,3,17-19H2,1-2H3,(H,31,35). The molecule has 0 bridgehead atoms. The van der Waals surface area contributed by atoms with Crippen molar-refractivity contribution in [3.8, 4) is 5.75 Å². The smallest absolute Gasteiger partial charge is 0.223 e. The molecule has 36 heavy (non-hydrogen) atoms. The Labute approximate surface area is 213 Å². The minimum atomic E-state index is -0.141. The molecule has 3 aromatic carbocycles. The summed E-state index contributed by atoms with van der Waals surface area (Å²) in [6.07, 6.45) is 1.54. The lowest BCUT2D eigenvalue weighted by Gasteiger charge is -2.40. The number of rotatable bonds is 8. The van der Waals surface area contributed by atoms with Gasteiger partial charge in [-0.3, -0.25) is 10.1 Å². The number of nitrogens with one attached hydrogen (secondary N) is 4. The van der Waals surface area contributed by atoms with Crippen molar-refractivity contribution in [2.24, 2.45) is 11.8 Å². The van der Waals surface area contributed by atoms with Crippen molar-refractivity contribution in [2.45, 2.75) is 44.9 Å². The number of piperidine rings is 1. The molecule has 0 spiro atoms. The highest BCUT2D eigenvalue weighted by Crippen LogP contribution is 2.42. The molecule has 2 aliphatic rings. The van der Waals surface area contributed by atoms with Crippen LogP contribution in [0.15, 0.2) is 78.9 Å². The fourth-order valence-electron chi connectivity index (χ4n) is 5.54. The van der Waals surface area contributed by atoms with E-state index >= 15 is 0 Å². The van der Waals surface area contributed by atoms with Gasteiger partial charge in [-0.25, -0.2) is 10.9 Å². The van der Waals surface area contributed by atoms with Crippen molar-refractivity contribution in [3.05, 3.63) is 101 Å². The molecule has 188 valence electrons. The largest absolute Gasteiger partial charge is 0.494 e. The highest BCUT2D eigenvalue weighted by atomic mass is 16.5. The van der Waals surface area contributed by atoms with Crippen LogP contribution in [0, 0.1) is 18.8 Å². The van der Waals surface area contributed by atoms with Crippen molar-refractivity contribution in [3.63, 3.8) is 0 Å². The maximum atomic E-state index is 13.7. The van der Waals surface area contributed by atoms with E-state index in [-0.39, 0.29) is 36.0 Å². The average Bonchev–Trinajstić information content (AvgIpc) is 3.34. The third-order valence-electron chi connectivity index (χ3n) is 7.42. The lowest BCUT2D eigenvalue weighted by Crippen LogP contribution is -2.54. The van der Waals surface area contributed by atoms with Crippen LogP contribution in [0.3, 0.4) is 0 Å². The molecule has 5 rings (SSSR count). The van der Waals surface area contributed by atoms with Crippen molar-refractivity contribution >= 4 is 5.91 Å². The number of fused-ring (bicyclic) bond motifs is 1. The second-order valence-corrected chi connectivity index (χ2v) is 9.82. The van der Waals surface area contributed by atoms with Crippen LogP contribution < -0.4 is 26.2 Å². The number of hydrogen-bond acceptors (Lipinski definition) is 5. The molecule has 0 aromatic heterocycles. The Kier molecular flexibility index (Phi) is 7.66. The summed E-state index contributed by atoms with van der Waals surface area (Å²) in [4.78, 5) is 13.7. The van der Waals surface area contributed by atoms with E-state index in [0.29, 0.717) is 13.2 Å². The van der Waals surface area contributed by atoms with E-state index in [2.05, 4.69) is 76.9 Å². The monoisotopic (exact) mass is 484 g/mol. The number of hydrogen-bond donors (Lipinski definition) is 4. The molecule has 4 N–H and O–H groups in total. The predicted octanol–water partition coefficient (Wildman–Crippen LogP) is 4.19. The van der Waals surface area contributed by atoms with Gasteiger partial charge in [-0.2, -0.15) is 0 Å². The fraction of sp³-hybridized carbons (Fsp3) is 0.367. The molecule has 2 aliphatic heterocycles. The predicted molar refractivity (Wildman–Crippen MR) is 142 cm³/mol. The number of amides is 1. The Morgan fingerprint density at radius 3 is 2.39 bits per heavy atom. The Balaban J connectivity index is 1.35. The molecule has 6 nitrogen and oxygen atoms in total. The second kappa shape index (κ2) is 11.2. The first kappa shape index (κ1) is 24.5. The molecule has 5 atom stereocenters. The number of ether oxygens (including phenoxy) is 1. The van der Waals surface area contributed by atoms with E-state index in [1.807, 2.05) is 37.3 Å². The minimum absolute atomic E-state index is 0.0218. The molecule has 1 amide bonds. The summed E-state index contributed by atoms with van der Waals surface area (Å²) in [5.41, 5.74) is 11.8. The Hall–Kier alpha value is -3.19. The number of carbonyl (C=O) groups is 1. The molecule has 0 saturated carbocycles. The molecule has 5 unspecified atom stereocenters. The zero-order valence-electron chi connectivity index (χ0n) is 21.0. The van der Waals surface area contributed by atoms with Crippen LogP contribution in [0.4, 0.5) is 0 Å². The van der Waals surface area contributed by atoms with Crippen molar-refractivity contribution in [2.75, 3.05) is 13.2 Å². The SMILES string of the molecule is CCOc1ccc(C2CC(C(=O)NCCc3ccccc3)C3C(NNC3c3ccc(C)cc3)N2)cc1. The van der Waals surface area contributed by atoms with Crippen LogP contribution in [0.25, 0.3) is 0 Å². The summed E-state index contributed by atoms with van der Waals surface area (Å²) in [5.74, 6) is 0.937. The topological polar surface area (TPSA) is 74.4 Å². The summed E-state index contributed by atoms with van der Waals surface area (Å²) in [7, 11) is 0. The Morgan fingerprint density at radius 1 is 0.944 bits per heavy atom. The van der Waals surface area contributed by atoms with Crippen LogP contribution in [0.2, 0.25) is 0 Å². The number of hydrazine groups is 1. The first-order chi connectivity index (χ1) is 17.6. The number of carbonyl (C=O) groups excluding carboxylic acids is 1. The molecule has 2 heterocycles. The Bertz CT molecular complexity index is 1130. The van der Waals surface area contributed by atoms with Crippen LogP contribution in [0.1, 0.15) is 47.7 Å². The summed E-state index contributed by atoms with van der Waals surface area (Å²) >= 11 is 0. The normalized spacial score (nSPS) is 25.2. The van der Waals surface area contributed by atoms with Gasteiger partial charge in [0.15, 0.2) is 0 Å². The zero-order valence-corrected chi connectivity index (χ0v) is 21.0. The van der Waals surface area contributed by atoms with Crippen molar-refractivity contribution in [1.29, 1.82) is 0 Å². The molecular weight excluding hydrogens is 448 g/mol. The van der Waals surface area contributed by atoms with Gasteiger partial charge in [-0.1, -0.05) is 72.3 Å². The summed E-state index contributed by atoms with van der Waals surface area (Å²) in [5, 5.41) is 7.02. The van der Waals surface area contributed by atoms with E-state index in [4.69, 9.17) is 4.74 Å². The third kappa shape index (κ3) is 5.46. The number of benzene rings is 3. The van der Waals surface area contributed by atoms with Gasteiger partial charge in [0, 0.05) is 24.4 Å². The van der Waals surface area contributed by atoms with Crippen LogP contribution in [-0.4, -0.2) is 25.2 Å². The lowest BCUT2D eigenvalue weighted by molar-refractivity contribution is -0.128. The van der Waals surface area contributed by atoms with E-state index < -0.39 is 0 Å². The van der Waals surface area contributed by atoms with E-state index in [1.165, 1.54) is 22.3 Å². The highest BCUT2D eigenvalue weighted by Gasteiger charge is 2.49. The fourth-order valence-corrected chi connectivity index (χ4v) is 5.54. The van der Waals surface area contributed by atoms with Gasteiger partial charge in [-0.15, -0.1) is 0 Å². The van der Waals surface area contributed by atoms with Crippen LogP contribution in [-0.2, 0) is 11.2 Å². The van der Waals surface area contributed by atoms with Gasteiger partial charge in [0.1, 0.15) is 5.75 Å². The lowest BCUT2D eigenvalue weighted by atomic mass is 9.74. The molecule has 0 aliphatic carbocycles. The van der Waals surface area contributed by atoms with E-state index in [9.17, 15) is 4.79 Å². The third-order valence-corrected chi connectivity index (χ3v) is 7.42. The zero-order chi connectivity index (χ0) is 24.9. The van der Waals surface area contributed by atoms with E-state index in [1.54, 1.807) is 0 Å². The van der Waals surface area contributed by atoms with E-state index in [0.717, 1.165) is 18.6 Å².